The number of aryl methyl sites for hydroxylation is 1. The summed E-state index contributed by atoms with van der Waals surface area (Å²) >= 11 is 0. The van der Waals surface area contributed by atoms with E-state index in [1.165, 1.54) is 22.4 Å². The third kappa shape index (κ3) is 4.41. The number of nitrogens with zero attached hydrogens (tertiary/aromatic N) is 6. The first-order valence-corrected chi connectivity index (χ1v) is 11.2. The molecule has 1 saturated heterocycles. The second-order valence-electron chi connectivity index (χ2n) is 8.35. The van der Waals surface area contributed by atoms with Crippen molar-refractivity contribution in [2.75, 3.05) is 31.1 Å². The quantitative estimate of drug-likeness (QED) is 0.469. The normalized spacial score (nSPS) is 15.6. The highest BCUT2D eigenvalue weighted by atomic mass is 15.6. The summed E-state index contributed by atoms with van der Waals surface area (Å²) in [6.07, 6.45) is 0. The van der Waals surface area contributed by atoms with E-state index in [0.717, 1.165) is 32.0 Å². The molecule has 0 spiro atoms. The molecule has 162 valence electrons. The number of hydrogen-bond acceptors (Lipinski definition) is 5. The Kier molecular flexibility index (Phi) is 5.94. The summed E-state index contributed by atoms with van der Waals surface area (Å²) in [5.41, 5.74) is 4.96. The molecule has 0 bridgehead atoms. The number of hydrogen-bond donors (Lipinski definition) is 0. The van der Waals surface area contributed by atoms with Gasteiger partial charge in [0.2, 0.25) is 0 Å². The van der Waals surface area contributed by atoms with E-state index in [9.17, 15) is 0 Å². The van der Waals surface area contributed by atoms with E-state index in [1.807, 2.05) is 10.7 Å². The van der Waals surface area contributed by atoms with Crippen LogP contribution in [0.25, 0.3) is 0 Å². The van der Waals surface area contributed by atoms with Crippen LogP contribution < -0.4 is 4.90 Å². The standard InChI is InChI=1S/C26H28N6/c1-21-12-14-23(15-13-21)25(26-27-28-29-32(26)20-22-8-4-2-5-9-22)31-18-16-30(17-19-31)24-10-6-3-7-11-24/h2-15,25H,16-20H2,1H3/t25-/m0/s1. The van der Waals surface area contributed by atoms with Crippen molar-refractivity contribution >= 4 is 5.69 Å². The summed E-state index contributed by atoms with van der Waals surface area (Å²) in [5, 5.41) is 12.9. The molecule has 3 aromatic carbocycles. The summed E-state index contributed by atoms with van der Waals surface area (Å²) in [6, 6.07) is 29.8. The lowest BCUT2D eigenvalue weighted by Crippen LogP contribution is -2.48. The molecule has 1 atom stereocenters. The average Bonchev–Trinajstić information content (AvgIpc) is 3.30. The van der Waals surface area contributed by atoms with E-state index >= 15 is 0 Å². The molecule has 0 saturated carbocycles. The van der Waals surface area contributed by atoms with Crippen LogP contribution in [0.3, 0.4) is 0 Å². The molecule has 6 nitrogen and oxygen atoms in total. The van der Waals surface area contributed by atoms with Crippen molar-refractivity contribution in [2.45, 2.75) is 19.5 Å². The Morgan fingerprint density at radius 2 is 1.44 bits per heavy atom. The Bertz CT molecular complexity index is 1120. The maximum absolute atomic E-state index is 4.51. The Morgan fingerprint density at radius 3 is 2.12 bits per heavy atom. The van der Waals surface area contributed by atoms with Crippen LogP contribution in [0.5, 0.6) is 0 Å². The molecule has 0 amide bonds. The van der Waals surface area contributed by atoms with E-state index in [4.69, 9.17) is 0 Å². The van der Waals surface area contributed by atoms with E-state index in [2.05, 4.69) is 111 Å². The van der Waals surface area contributed by atoms with Crippen molar-refractivity contribution in [3.05, 3.63) is 107 Å². The zero-order valence-corrected chi connectivity index (χ0v) is 18.4. The number of rotatable bonds is 6. The maximum Gasteiger partial charge on any atom is 0.173 e. The van der Waals surface area contributed by atoms with Crippen LogP contribution in [-0.4, -0.2) is 51.3 Å². The molecular formula is C26H28N6. The first-order chi connectivity index (χ1) is 15.8. The fourth-order valence-corrected chi connectivity index (χ4v) is 4.43. The highest BCUT2D eigenvalue weighted by molar-refractivity contribution is 5.46. The largest absolute Gasteiger partial charge is 0.369 e. The molecule has 1 aromatic heterocycles. The summed E-state index contributed by atoms with van der Waals surface area (Å²) in [5.74, 6) is 0.894. The van der Waals surface area contributed by atoms with Crippen LogP contribution in [0, 0.1) is 6.92 Å². The molecule has 5 rings (SSSR count). The minimum atomic E-state index is 0.0206. The molecule has 32 heavy (non-hydrogen) atoms. The van der Waals surface area contributed by atoms with Crippen LogP contribution in [0.4, 0.5) is 5.69 Å². The fraction of sp³-hybridized carbons (Fsp3) is 0.269. The topological polar surface area (TPSA) is 50.1 Å². The van der Waals surface area contributed by atoms with Crippen LogP contribution in [0.1, 0.15) is 28.6 Å². The van der Waals surface area contributed by atoms with Crippen molar-refractivity contribution in [1.29, 1.82) is 0 Å². The van der Waals surface area contributed by atoms with Gasteiger partial charge in [-0.1, -0.05) is 78.4 Å². The molecule has 1 aliphatic rings. The Labute approximate surface area is 189 Å². The lowest BCUT2D eigenvalue weighted by atomic mass is 10.0. The minimum Gasteiger partial charge on any atom is -0.369 e. The van der Waals surface area contributed by atoms with Gasteiger partial charge in [-0.05, 0) is 40.6 Å². The van der Waals surface area contributed by atoms with Crippen LogP contribution >= 0.6 is 0 Å². The number of para-hydroxylation sites is 1. The zero-order chi connectivity index (χ0) is 21.8. The van der Waals surface area contributed by atoms with Gasteiger partial charge in [-0.25, -0.2) is 4.68 Å². The second-order valence-corrected chi connectivity index (χ2v) is 8.35. The van der Waals surface area contributed by atoms with Gasteiger partial charge in [-0.3, -0.25) is 4.90 Å². The van der Waals surface area contributed by atoms with Gasteiger partial charge < -0.3 is 4.90 Å². The predicted molar refractivity (Wildman–Crippen MR) is 127 cm³/mol. The number of tetrazole rings is 1. The van der Waals surface area contributed by atoms with Crippen molar-refractivity contribution in [2.24, 2.45) is 0 Å². The molecule has 0 radical (unpaired) electrons. The minimum absolute atomic E-state index is 0.0206. The third-order valence-electron chi connectivity index (χ3n) is 6.17. The first kappa shape index (κ1) is 20.4. The summed E-state index contributed by atoms with van der Waals surface area (Å²) < 4.78 is 1.95. The lowest BCUT2D eigenvalue weighted by Gasteiger charge is -2.40. The molecule has 1 fully saturated rings. The third-order valence-corrected chi connectivity index (χ3v) is 6.17. The molecule has 2 heterocycles. The van der Waals surface area contributed by atoms with Crippen molar-refractivity contribution < 1.29 is 0 Å². The summed E-state index contributed by atoms with van der Waals surface area (Å²) in [4.78, 5) is 4.97. The van der Waals surface area contributed by atoms with Gasteiger partial charge in [-0.15, -0.1) is 5.10 Å². The van der Waals surface area contributed by atoms with E-state index in [1.54, 1.807) is 0 Å². The van der Waals surface area contributed by atoms with Gasteiger partial charge >= 0.3 is 0 Å². The van der Waals surface area contributed by atoms with E-state index in [-0.39, 0.29) is 6.04 Å². The van der Waals surface area contributed by atoms with Crippen LogP contribution in [-0.2, 0) is 6.54 Å². The molecule has 6 heteroatoms. The van der Waals surface area contributed by atoms with Gasteiger partial charge in [0.1, 0.15) is 0 Å². The number of aromatic nitrogens is 4. The van der Waals surface area contributed by atoms with E-state index in [0.29, 0.717) is 6.54 Å². The van der Waals surface area contributed by atoms with Gasteiger partial charge in [0.05, 0.1) is 12.6 Å². The second kappa shape index (κ2) is 9.32. The highest BCUT2D eigenvalue weighted by Crippen LogP contribution is 2.29. The van der Waals surface area contributed by atoms with E-state index < -0.39 is 0 Å². The smallest absolute Gasteiger partial charge is 0.173 e. The predicted octanol–water partition coefficient (Wildman–Crippen LogP) is 3.94. The van der Waals surface area contributed by atoms with Crippen molar-refractivity contribution in [3.63, 3.8) is 0 Å². The molecule has 1 aliphatic heterocycles. The van der Waals surface area contributed by atoms with Gasteiger partial charge in [-0.2, -0.15) is 0 Å². The highest BCUT2D eigenvalue weighted by Gasteiger charge is 2.30. The molecule has 0 aliphatic carbocycles. The fourth-order valence-electron chi connectivity index (χ4n) is 4.43. The summed E-state index contributed by atoms with van der Waals surface area (Å²) in [7, 11) is 0. The lowest BCUT2D eigenvalue weighted by molar-refractivity contribution is 0.201. The molecular weight excluding hydrogens is 396 g/mol. The molecule has 0 unspecified atom stereocenters. The van der Waals surface area contributed by atoms with Gasteiger partial charge in [0, 0.05) is 31.9 Å². The SMILES string of the molecule is Cc1ccc([C@@H](c2nnnn2Cc2ccccc2)N2CCN(c3ccccc3)CC2)cc1. The molecule has 0 N–H and O–H groups in total. The Morgan fingerprint density at radius 1 is 0.781 bits per heavy atom. The Hall–Kier alpha value is -3.51. The average molecular weight is 425 g/mol. The first-order valence-electron chi connectivity index (χ1n) is 11.2. The van der Waals surface area contributed by atoms with Crippen LogP contribution in [0.15, 0.2) is 84.9 Å². The van der Waals surface area contributed by atoms with Gasteiger partial charge in [0.25, 0.3) is 0 Å². The van der Waals surface area contributed by atoms with Crippen molar-refractivity contribution in [3.8, 4) is 0 Å². The zero-order valence-electron chi connectivity index (χ0n) is 18.4. The molecule has 4 aromatic rings. The number of piperazine rings is 1. The number of benzene rings is 3. The number of anilines is 1. The van der Waals surface area contributed by atoms with Crippen molar-refractivity contribution in [1.82, 2.24) is 25.1 Å². The monoisotopic (exact) mass is 424 g/mol. The van der Waals surface area contributed by atoms with Gasteiger partial charge in [0.15, 0.2) is 5.82 Å². The Balaban J connectivity index is 1.43. The maximum atomic E-state index is 4.51. The summed E-state index contributed by atoms with van der Waals surface area (Å²) in [6.45, 7) is 6.64. The van der Waals surface area contributed by atoms with Crippen LogP contribution in [0.2, 0.25) is 0 Å².